The lowest BCUT2D eigenvalue weighted by atomic mass is 10.5. The molecule has 0 aliphatic carbocycles. The number of aliphatic carboxylic acids is 1. The molecule has 0 aromatic heterocycles. The Labute approximate surface area is 75.3 Å². The summed E-state index contributed by atoms with van der Waals surface area (Å²) in [5.41, 5.74) is 4.87. The average molecular weight is 195 g/mol. The Bertz CT molecular complexity index is 136. The van der Waals surface area contributed by atoms with Crippen molar-refractivity contribution in [3.05, 3.63) is 0 Å². The van der Waals surface area contributed by atoms with Gasteiger partial charge < -0.3 is 17.0 Å². The van der Waals surface area contributed by atoms with Gasteiger partial charge in [0.05, 0.1) is 6.42 Å². The van der Waals surface area contributed by atoms with Crippen LogP contribution < -0.4 is 11.9 Å². The first-order chi connectivity index (χ1) is 5.13. The normalized spacial score (nSPS) is 8.67. The van der Waals surface area contributed by atoms with Crippen molar-refractivity contribution < 1.29 is 14.7 Å². The smallest absolute Gasteiger partial charge is 0.304 e. The van der Waals surface area contributed by atoms with Crippen molar-refractivity contribution in [1.82, 2.24) is 6.15 Å². The summed E-state index contributed by atoms with van der Waals surface area (Å²) in [6.07, 6.45) is 0.466. The third kappa shape index (κ3) is 12.0. The minimum absolute atomic E-state index is 0. The van der Waals surface area contributed by atoms with E-state index >= 15 is 0 Å². The number of hydrogen-bond donors (Lipinski definition) is 3. The number of thioether (sulfide) groups is 1. The maximum Gasteiger partial charge on any atom is 0.304 e. The molecule has 7 N–H and O–H groups in total. The van der Waals surface area contributed by atoms with E-state index in [9.17, 15) is 9.59 Å². The third-order valence-electron chi connectivity index (χ3n) is 0.953. The van der Waals surface area contributed by atoms with E-state index in [2.05, 4.69) is 0 Å². The molecule has 0 aromatic rings. The maximum atomic E-state index is 10.2. The fraction of sp³-hybridized carbons (Fsp3) is 0.667. The first-order valence-electron chi connectivity index (χ1n) is 3.20. The van der Waals surface area contributed by atoms with Gasteiger partial charge in [-0.25, -0.2) is 0 Å². The number of amides is 1. The van der Waals surface area contributed by atoms with Crippen LogP contribution in [-0.4, -0.2) is 28.5 Å². The molecule has 0 bridgehead atoms. The van der Waals surface area contributed by atoms with Gasteiger partial charge in [0.15, 0.2) is 0 Å². The summed E-state index contributed by atoms with van der Waals surface area (Å²) < 4.78 is 0. The molecule has 0 fully saturated rings. The summed E-state index contributed by atoms with van der Waals surface area (Å²) in [5.74, 6) is 0.00926. The second-order valence-corrected chi connectivity index (χ2v) is 3.20. The van der Waals surface area contributed by atoms with Gasteiger partial charge in [0.2, 0.25) is 5.91 Å². The van der Waals surface area contributed by atoms with Crippen LogP contribution in [0, 0.1) is 0 Å². The molecule has 5 nitrogen and oxygen atoms in total. The monoisotopic (exact) mass is 195 g/mol. The van der Waals surface area contributed by atoms with Crippen LogP contribution in [0.1, 0.15) is 12.8 Å². The minimum Gasteiger partial charge on any atom is -0.481 e. The number of carboxylic acid groups (broad SMARTS) is 1. The summed E-state index contributed by atoms with van der Waals surface area (Å²) in [6.45, 7) is 0. The van der Waals surface area contributed by atoms with Crippen molar-refractivity contribution in [2.45, 2.75) is 12.8 Å². The van der Waals surface area contributed by atoms with Crippen LogP contribution in [0.15, 0.2) is 0 Å². The van der Waals surface area contributed by atoms with Crippen molar-refractivity contribution in [2.24, 2.45) is 5.73 Å². The Morgan fingerprint density at radius 1 is 1.25 bits per heavy atom. The number of hydrogen-bond acceptors (Lipinski definition) is 3. The van der Waals surface area contributed by atoms with E-state index < -0.39 is 5.97 Å². The van der Waals surface area contributed by atoms with Crippen molar-refractivity contribution in [3.8, 4) is 0 Å². The molecule has 0 aromatic carbocycles. The standard InChI is InChI=1S/C6H11NO3S.H3N/c7-5(8)1-3-11-4-2-6(9)10;/h1-4H2,(H2,7,8)(H,9,10);1H3/p+1. The first kappa shape index (κ1) is 13.8. The van der Waals surface area contributed by atoms with Gasteiger partial charge in [0, 0.05) is 17.9 Å². The number of carbonyl (C=O) groups is 2. The molecule has 0 radical (unpaired) electrons. The Morgan fingerprint density at radius 2 is 1.75 bits per heavy atom. The third-order valence-corrected chi connectivity index (χ3v) is 1.94. The summed E-state index contributed by atoms with van der Waals surface area (Å²) >= 11 is 1.43. The van der Waals surface area contributed by atoms with E-state index in [1.165, 1.54) is 11.8 Å². The predicted octanol–water partition coefficient (Wildman–Crippen LogP) is 0.446. The summed E-state index contributed by atoms with van der Waals surface area (Å²) in [6, 6.07) is 0. The molecular weight excluding hydrogens is 180 g/mol. The molecule has 12 heavy (non-hydrogen) atoms. The average Bonchev–Trinajstić information content (AvgIpc) is 1.85. The molecule has 6 heteroatoms. The van der Waals surface area contributed by atoms with E-state index in [1.54, 1.807) is 0 Å². The molecular formula is C6H15N2O3S+. The summed E-state index contributed by atoms with van der Waals surface area (Å²) in [5, 5.41) is 8.22. The number of carbonyl (C=O) groups excluding carboxylic acids is 1. The number of carboxylic acids is 1. The molecule has 0 heterocycles. The molecule has 0 saturated carbocycles. The van der Waals surface area contributed by atoms with E-state index in [0.29, 0.717) is 17.9 Å². The Kier molecular flexibility index (Phi) is 9.61. The lowest BCUT2D eigenvalue weighted by Gasteiger charge is -1.95. The first-order valence-corrected chi connectivity index (χ1v) is 4.36. The van der Waals surface area contributed by atoms with Crippen molar-refractivity contribution >= 4 is 23.6 Å². The van der Waals surface area contributed by atoms with Crippen molar-refractivity contribution in [3.63, 3.8) is 0 Å². The van der Waals surface area contributed by atoms with Crippen LogP contribution in [0.4, 0.5) is 0 Å². The molecule has 0 aliphatic heterocycles. The van der Waals surface area contributed by atoms with Gasteiger partial charge in [0.25, 0.3) is 0 Å². The van der Waals surface area contributed by atoms with Crippen LogP contribution in [-0.2, 0) is 9.59 Å². The summed E-state index contributed by atoms with van der Waals surface area (Å²) in [4.78, 5) is 20.2. The lowest BCUT2D eigenvalue weighted by molar-refractivity contribution is -0.136. The Hall–Kier alpha value is -0.750. The van der Waals surface area contributed by atoms with E-state index in [-0.39, 0.29) is 18.5 Å². The highest BCUT2D eigenvalue weighted by molar-refractivity contribution is 7.99. The molecule has 0 rings (SSSR count). The number of quaternary nitrogens is 1. The van der Waals surface area contributed by atoms with Crippen molar-refractivity contribution in [1.29, 1.82) is 0 Å². The SMILES string of the molecule is NC(=O)CCSCCC(=O)O.[NH4+]. The van der Waals surface area contributed by atoms with Gasteiger partial charge in [-0.1, -0.05) is 0 Å². The second-order valence-electron chi connectivity index (χ2n) is 1.97. The Morgan fingerprint density at radius 3 is 2.17 bits per heavy atom. The number of rotatable bonds is 6. The van der Waals surface area contributed by atoms with Crippen LogP contribution in [0.25, 0.3) is 0 Å². The highest BCUT2D eigenvalue weighted by Crippen LogP contribution is 2.03. The predicted molar refractivity (Wildman–Crippen MR) is 49.4 cm³/mol. The van der Waals surface area contributed by atoms with Gasteiger partial charge in [-0.2, -0.15) is 11.8 Å². The van der Waals surface area contributed by atoms with Crippen LogP contribution in [0.2, 0.25) is 0 Å². The quantitative estimate of drug-likeness (QED) is 0.533. The zero-order valence-electron chi connectivity index (χ0n) is 7.08. The van der Waals surface area contributed by atoms with Crippen LogP contribution >= 0.6 is 11.8 Å². The van der Waals surface area contributed by atoms with Crippen LogP contribution in [0.5, 0.6) is 0 Å². The maximum absolute atomic E-state index is 10.2. The molecule has 0 atom stereocenters. The van der Waals surface area contributed by atoms with Gasteiger partial charge in [-0.15, -0.1) is 0 Å². The van der Waals surface area contributed by atoms with Gasteiger partial charge in [-0.05, 0) is 0 Å². The van der Waals surface area contributed by atoms with E-state index in [0.717, 1.165) is 0 Å². The zero-order valence-corrected chi connectivity index (χ0v) is 7.89. The molecule has 0 saturated heterocycles. The van der Waals surface area contributed by atoms with Gasteiger partial charge in [-0.3, -0.25) is 9.59 Å². The second kappa shape index (κ2) is 8.35. The zero-order chi connectivity index (χ0) is 8.69. The van der Waals surface area contributed by atoms with E-state index in [4.69, 9.17) is 10.8 Å². The topological polar surface area (TPSA) is 117 Å². The molecule has 1 amide bonds. The fourth-order valence-corrected chi connectivity index (χ4v) is 1.30. The molecule has 0 spiro atoms. The number of nitrogens with two attached hydrogens (primary N) is 1. The molecule has 0 aliphatic rings. The fourth-order valence-electron chi connectivity index (χ4n) is 0.434. The van der Waals surface area contributed by atoms with Crippen molar-refractivity contribution in [2.75, 3.05) is 11.5 Å². The Balaban J connectivity index is 0. The van der Waals surface area contributed by atoms with E-state index in [1.807, 2.05) is 0 Å². The van der Waals surface area contributed by atoms with Gasteiger partial charge >= 0.3 is 5.97 Å². The number of primary amides is 1. The summed E-state index contributed by atoms with van der Waals surface area (Å²) in [7, 11) is 0. The largest absolute Gasteiger partial charge is 0.481 e. The minimum atomic E-state index is -0.809. The van der Waals surface area contributed by atoms with Gasteiger partial charge in [0.1, 0.15) is 0 Å². The highest BCUT2D eigenvalue weighted by Gasteiger charge is 1.97. The van der Waals surface area contributed by atoms with Crippen LogP contribution in [0.3, 0.4) is 0 Å². The highest BCUT2D eigenvalue weighted by atomic mass is 32.2. The molecule has 72 valence electrons. The molecule has 0 unspecified atom stereocenters. The lowest BCUT2D eigenvalue weighted by Crippen LogP contribution is -2.11.